The second-order valence-electron chi connectivity index (χ2n) is 7.80. The third-order valence-corrected chi connectivity index (χ3v) is 5.87. The molecule has 0 N–H and O–H groups in total. The topological polar surface area (TPSA) is 69.5 Å². The van der Waals surface area contributed by atoms with Crippen LogP contribution in [-0.4, -0.2) is 54.3 Å². The zero-order chi connectivity index (χ0) is 20.0. The lowest BCUT2D eigenvalue weighted by atomic mass is 10.0. The predicted octanol–water partition coefficient (Wildman–Crippen LogP) is 2.35. The Morgan fingerprint density at radius 1 is 1.00 bits per heavy atom. The summed E-state index contributed by atoms with van der Waals surface area (Å²) in [6.45, 7) is 8.29. The van der Waals surface area contributed by atoms with Crippen molar-refractivity contribution in [3.05, 3.63) is 57.6 Å². The Balaban J connectivity index is 1.72. The van der Waals surface area contributed by atoms with E-state index in [2.05, 4.69) is 22.9 Å². The molecule has 1 aromatic carbocycles. The highest BCUT2D eigenvalue weighted by atomic mass is 16.5. The van der Waals surface area contributed by atoms with E-state index in [4.69, 9.17) is 14.6 Å². The number of benzene rings is 1. The molecule has 0 bridgehead atoms. The Bertz CT molecular complexity index is 1130. The molecule has 5 rings (SSSR count). The molecule has 4 heterocycles. The van der Waals surface area contributed by atoms with Gasteiger partial charge in [0.2, 0.25) is 0 Å². The van der Waals surface area contributed by atoms with Gasteiger partial charge in [0.15, 0.2) is 5.82 Å². The number of ether oxygens (including phenoxy) is 2. The van der Waals surface area contributed by atoms with Crippen LogP contribution in [0, 0.1) is 13.8 Å². The predicted molar refractivity (Wildman–Crippen MR) is 111 cm³/mol. The molecule has 0 radical (unpaired) electrons. The number of hydrogen-bond donors (Lipinski definition) is 0. The first-order chi connectivity index (χ1) is 14.1. The normalized spacial score (nSPS) is 17.5. The SMILES string of the molecule is Cc1cc2c(N3CCOCC3)nn(-c3ccnc(C4COC4)c3)c(=O)c2cc1C. The first kappa shape index (κ1) is 18.3. The highest BCUT2D eigenvalue weighted by Gasteiger charge is 2.24. The van der Waals surface area contributed by atoms with Gasteiger partial charge >= 0.3 is 0 Å². The van der Waals surface area contributed by atoms with Crippen molar-refractivity contribution in [3.63, 3.8) is 0 Å². The number of rotatable bonds is 3. The first-order valence-electron chi connectivity index (χ1n) is 10.0. The van der Waals surface area contributed by atoms with Gasteiger partial charge in [-0.25, -0.2) is 0 Å². The van der Waals surface area contributed by atoms with Gasteiger partial charge in [0.25, 0.3) is 5.56 Å². The lowest BCUT2D eigenvalue weighted by Gasteiger charge is -2.29. The van der Waals surface area contributed by atoms with Crippen LogP contribution in [0.2, 0.25) is 0 Å². The van der Waals surface area contributed by atoms with Crippen LogP contribution in [0.15, 0.2) is 35.3 Å². The minimum atomic E-state index is -0.109. The van der Waals surface area contributed by atoms with Crippen LogP contribution in [0.25, 0.3) is 16.5 Å². The minimum absolute atomic E-state index is 0.109. The van der Waals surface area contributed by atoms with Gasteiger partial charge in [-0.3, -0.25) is 9.78 Å². The number of aromatic nitrogens is 3. The molecule has 7 nitrogen and oxygen atoms in total. The van der Waals surface area contributed by atoms with E-state index in [0.717, 1.165) is 46.8 Å². The molecule has 7 heteroatoms. The summed E-state index contributed by atoms with van der Waals surface area (Å²) in [5.74, 6) is 1.12. The quantitative estimate of drug-likeness (QED) is 0.682. The van der Waals surface area contributed by atoms with E-state index < -0.39 is 0 Å². The summed E-state index contributed by atoms with van der Waals surface area (Å²) in [6.07, 6.45) is 1.75. The molecule has 2 aromatic heterocycles. The zero-order valence-electron chi connectivity index (χ0n) is 16.7. The van der Waals surface area contributed by atoms with Crippen molar-refractivity contribution >= 4 is 16.6 Å². The largest absolute Gasteiger partial charge is 0.380 e. The Morgan fingerprint density at radius 2 is 1.72 bits per heavy atom. The number of morpholine rings is 1. The van der Waals surface area contributed by atoms with Gasteiger partial charge in [-0.05, 0) is 49.2 Å². The summed E-state index contributed by atoms with van der Waals surface area (Å²) in [5, 5.41) is 6.42. The number of nitrogens with zero attached hydrogens (tertiary/aromatic N) is 4. The van der Waals surface area contributed by atoms with Gasteiger partial charge in [-0.1, -0.05) is 0 Å². The van der Waals surface area contributed by atoms with E-state index in [1.165, 1.54) is 4.68 Å². The molecule has 3 aromatic rings. The van der Waals surface area contributed by atoms with Gasteiger partial charge in [0.05, 0.1) is 43.2 Å². The molecule has 0 atom stereocenters. The van der Waals surface area contributed by atoms with Crippen molar-refractivity contribution < 1.29 is 9.47 Å². The Morgan fingerprint density at radius 3 is 2.41 bits per heavy atom. The van der Waals surface area contributed by atoms with Crippen LogP contribution in [-0.2, 0) is 9.47 Å². The van der Waals surface area contributed by atoms with Crippen molar-refractivity contribution in [3.8, 4) is 5.69 Å². The van der Waals surface area contributed by atoms with E-state index >= 15 is 0 Å². The van der Waals surface area contributed by atoms with E-state index in [0.29, 0.717) is 31.8 Å². The average molecular weight is 392 g/mol. The zero-order valence-corrected chi connectivity index (χ0v) is 16.7. The lowest BCUT2D eigenvalue weighted by molar-refractivity contribution is 0.00671. The summed E-state index contributed by atoms with van der Waals surface area (Å²) in [5.41, 5.74) is 3.82. The molecule has 150 valence electrons. The molecular weight excluding hydrogens is 368 g/mol. The van der Waals surface area contributed by atoms with Crippen LogP contribution >= 0.6 is 0 Å². The summed E-state index contributed by atoms with van der Waals surface area (Å²) in [4.78, 5) is 20.1. The van der Waals surface area contributed by atoms with Gasteiger partial charge in [-0.15, -0.1) is 5.10 Å². The van der Waals surface area contributed by atoms with Crippen molar-refractivity contribution in [2.45, 2.75) is 19.8 Å². The second-order valence-corrected chi connectivity index (χ2v) is 7.80. The van der Waals surface area contributed by atoms with Crippen LogP contribution in [0.1, 0.15) is 22.7 Å². The lowest BCUT2D eigenvalue weighted by Crippen LogP contribution is -2.38. The van der Waals surface area contributed by atoms with Gasteiger partial charge in [-0.2, -0.15) is 4.68 Å². The molecular formula is C22H24N4O3. The minimum Gasteiger partial charge on any atom is -0.380 e. The highest BCUT2D eigenvalue weighted by Crippen LogP contribution is 2.28. The molecule has 2 saturated heterocycles. The average Bonchev–Trinajstić information content (AvgIpc) is 2.69. The van der Waals surface area contributed by atoms with E-state index in [1.54, 1.807) is 6.20 Å². The van der Waals surface area contributed by atoms with Crippen molar-refractivity contribution in [2.24, 2.45) is 0 Å². The third-order valence-electron chi connectivity index (χ3n) is 5.87. The fourth-order valence-corrected chi connectivity index (χ4v) is 3.87. The molecule has 0 unspecified atom stereocenters. The van der Waals surface area contributed by atoms with Crippen LogP contribution in [0.3, 0.4) is 0 Å². The fourth-order valence-electron chi connectivity index (χ4n) is 3.87. The monoisotopic (exact) mass is 392 g/mol. The number of anilines is 1. The Hall–Kier alpha value is -2.77. The molecule has 2 aliphatic rings. The number of hydrogen-bond acceptors (Lipinski definition) is 6. The third kappa shape index (κ3) is 3.20. The van der Waals surface area contributed by atoms with E-state index in [9.17, 15) is 4.79 Å². The maximum Gasteiger partial charge on any atom is 0.279 e. The van der Waals surface area contributed by atoms with Gasteiger partial charge in [0, 0.05) is 30.6 Å². The van der Waals surface area contributed by atoms with Crippen molar-refractivity contribution in [2.75, 3.05) is 44.4 Å². The van der Waals surface area contributed by atoms with Crippen molar-refractivity contribution in [1.82, 2.24) is 14.8 Å². The summed E-state index contributed by atoms with van der Waals surface area (Å²) in [6, 6.07) is 7.86. The molecule has 2 fully saturated rings. The first-order valence-corrected chi connectivity index (χ1v) is 10.0. The molecule has 0 aliphatic carbocycles. The standard InChI is InChI=1S/C22H24N4O3/c1-14-9-18-19(10-15(14)2)22(27)26(24-21(18)25-5-7-28-8-6-25)17-3-4-23-20(11-17)16-12-29-13-16/h3-4,9-11,16H,5-8,12-13H2,1-2H3. The van der Waals surface area contributed by atoms with Crippen molar-refractivity contribution in [1.29, 1.82) is 0 Å². The van der Waals surface area contributed by atoms with E-state index in [1.807, 2.05) is 25.1 Å². The summed E-state index contributed by atoms with van der Waals surface area (Å²) < 4.78 is 12.3. The molecule has 2 aliphatic heterocycles. The van der Waals surface area contributed by atoms with Crippen LogP contribution in [0.5, 0.6) is 0 Å². The number of aryl methyl sites for hydroxylation is 2. The van der Waals surface area contributed by atoms with Gasteiger partial charge in [0.1, 0.15) is 0 Å². The molecule has 0 saturated carbocycles. The fraction of sp³-hybridized carbons (Fsp3) is 0.409. The number of fused-ring (bicyclic) bond motifs is 1. The van der Waals surface area contributed by atoms with Crippen LogP contribution in [0.4, 0.5) is 5.82 Å². The summed E-state index contributed by atoms with van der Waals surface area (Å²) in [7, 11) is 0. The number of pyridine rings is 1. The van der Waals surface area contributed by atoms with Gasteiger partial charge < -0.3 is 14.4 Å². The molecule has 0 spiro atoms. The maximum absolute atomic E-state index is 13.4. The molecule has 29 heavy (non-hydrogen) atoms. The van der Waals surface area contributed by atoms with E-state index in [-0.39, 0.29) is 11.5 Å². The molecule has 0 amide bonds. The Labute approximate surface area is 168 Å². The smallest absolute Gasteiger partial charge is 0.279 e. The highest BCUT2D eigenvalue weighted by molar-refractivity contribution is 5.92. The second kappa shape index (κ2) is 7.24. The maximum atomic E-state index is 13.4. The Kier molecular flexibility index (Phi) is 4.56. The van der Waals surface area contributed by atoms with Crippen LogP contribution < -0.4 is 10.5 Å². The summed E-state index contributed by atoms with van der Waals surface area (Å²) >= 11 is 0.